The molecule has 2 aromatic heterocycles. The molecular weight excluding hydrogens is 394 g/mol. The van der Waals surface area contributed by atoms with Gasteiger partial charge in [-0.25, -0.2) is 9.97 Å². The van der Waals surface area contributed by atoms with Crippen LogP contribution in [0.1, 0.15) is 24.4 Å². The summed E-state index contributed by atoms with van der Waals surface area (Å²) in [7, 11) is 0. The van der Waals surface area contributed by atoms with E-state index in [0.29, 0.717) is 15.6 Å². The minimum absolute atomic E-state index is 0.179. The van der Waals surface area contributed by atoms with Crippen molar-refractivity contribution in [3.63, 3.8) is 0 Å². The molecule has 11 heteroatoms. The molecule has 0 bridgehead atoms. The van der Waals surface area contributed by atoms with Crippen LogP contribution in [0.4, 0.5) is 19.1 Å². The fraction of sp³-hybridized carbons (Fsp3) is 0.200. The Labute approximate surface area is 155 Å². The Morgan fingerprint density at radius 2 is 1.73 bits per heavy atom. The first-order chi connectivity index (χ1) is 12.3. The van der Waals surface area contributed by atoms with Crippen LogP contribution < -0.4 is 5.32 Å². The van der Waals surface area contributed by atoms with E-state index in [2.05, 4.69) is 29.9 Å². The standard InChI is InChI=1S/C15H10Cl2F3N5O/c1-7(11-9(16)3-2-4-10(11)17)23-14-21-5-8(6-22-14)12-24-13(26-25-12)15(18,19)20/h2-7H,1H3,(H,21,22,23). The second-order valence-electron chi connectivity index (χ2n) is 5.22. The fourth-order valence-corrected chi connectivity index (χ4v) is 2.89. The zero-order chi connectivity index (χ0) is 18.9. The first-order valence-corrected chi connectivity index (χ1v) is 7.95. The maximum atomic E-state index is 12.5. The van der Waals surface area contributed by atoms with Crippen LogP contribution in [0, 0.1) is 0 Å². The lowest BCUT2D eigenvalue weighted by Crippen LogP contribution is -2.10. The van der Waals surface area contributed by atoms with E-state index in [-0.39, 0.29) is 23.4 Å². The topological polar surface area (TPSA) is 76.7 Å². The van der Waals surface area contributed by atoms with Crippen molar-refractivity contribution in [1.29, 1.82) is 0 Å². The summed E-state index contributed by atoms with van der Waals surface area (Å²) in [5.41, 5.74) is 0.856. The zero-order valence-electron chi connectivity index (χ0n) is 13.1. The Kier molecular flexibility index (Phi) is 5.01. The molecule has 2 heterocycles. The number of hydrogen-bond donors (Lipinski definition) is 1. The highest BCUT2D eigenvalue weighted by atomic mass is 35.5. The van der Waals surface area contributed by atoms with Crippen LogP contribution >= 0.6 is 23.2 Å². The van der Waals surface area contributed by atoms with Crippen molar-refractivity contribution in [3.05, 3.63) is 52.1 Å². The number of rotatable bonds is 4. The minimum Gasteiger partial charge on any atom is -0.348 e. The van der Waals surface area contributed by atoms with Crippen molar-refractivity contribution in [3.8, 4) is 11.4 Å². The average Bonchev–Trinajstić information content (AvgIpc) is 3.05. The van der Waals surface area contributed by atoms with E-state index in [0.717, 1.165) is 0 Å². The highest BCUT2D eigenvalue weighted by Gasteiger charge is 2.38. The summed E-state index contributed by atoms with van der Waals surface area (Å²) in [4.78, 5) is 11.4. The van der Waals surface area contributed by atoms with Gasteiger partial charge in [-0.3, -0.25) is 0 Å². The lowest BCUT2D eigenvalue weighted by molar-refractivity contribution is -0.159. The second-order valence-corrected chi connectivity index (χ2v) is 6.03. The molecule has 1 unspecified atom stereocenters. The number of halogens is 5. The Hall–Kier alpha value is -2.39. The molecule has 1 N–H and O–H groups in total. The van der Waals surface area contributed by atoms with Gasteiger partial charge in [0.2, 0.25) is 11.8 Å². The van der Waals surface area contributed by atoms with E-state index in [9.17, 15) is 13.2 Å². The van der Waals surface area contributed by atoms with Gasteiger partial charge in [-0.1, -0.05) is 34.4 Å². The number of anilines is 1. The molecule has 0 saturated heterocycles. The molecule has 136 valence electrons. The highest BCUT2D eigenvalue weighted by Crippen LogP contribution is 2.32. The van der Waals surface area contributed by atoms with E-state index in [4.69, 9.17) is 23.2 Å². The lowest BCUT2D eigenvalue weighted by Gasteiger charge is -2.17. The SMILES string of the molecule is CC(Nc1ncc(-c2noc(C(F)(F)F)n2)cn1)c1c(Cl)cccc1Cl. The van der Waals surface area contributed by atoms with Gasteiger partial charge < -0.3 is 9.84 Å². The first kappa shape index (κ1) is 18.4. The summed E-state index contributed by atoms with van der Waals surface area (Å²) in [6.07, 6.45) is -2.15. The first-order valence-electron chi connectivity index (χ1n) is 7.19. The highest BCUT2D eigenvalue weighted by molar-refractivity contribution is 6.36. The summed E-state index contributed by atoms with van der Waals surface area (Å²) < 4.78 is 41.7. The predicted molar refractivity (Wildman–Crippen MR) is 88.8 cm³/mol. The predicted octanol–water partition coefficient (Wildman–Crippen LogP) is 5.03. The molecule has 6 nitrogen and oxygen atoms in total. The summed E-state index contributed by atoms with van der Waals surface area (Å²) in [6.45, 7) is 1.82. The maximum absolute atomic E-state index is 12.5. The molecule has 0 spiro atoms. The number of nitrogens with zero attached hydrogens (tertiary/aromatic N) is 4. The number of aromatic nitrogens is 4. The van der Waals surface area contributed by atoms with E-state index in [1.807, 2.05) is 6.92 Å². The Morgan fingerprint density at radius 1 is 1.12 bits per heavy atom. The molecule has 3 rings (SSSR count). The minimum atomic E-state index is -4.71. The van der Waals surface area contributed by atoms with Crippen LogP contribution in [-0.2, 0) is 6.18 Å². The van der Waals surface area contributed by atoms with Gasteiger partial charge in [0, 0.05) is 28.0 Å². The third-order valence-electron chi connectivity index (χ3n) is 3.36. The summed E-state index contributed by atoms with van der Waals surface area (Å²) in [5.74, 6) is -1.46. The lowest BCUT2D eigenvalue weighted by atomic mass is 10.1. The van der Waals surface area contributed by atoms with E-state index in [1.54, 1.807) is 18.2 Å². The van der Waals surface area contributed by atoms with E-state index in [1.165, 1.54) is 12.4 Å². The van der Waals surface area contributed by atoms with Crippen LogP contribution in [0.25, 0.3) is 11.4 Å². The number of nitrogens with one attached hydrogen (secondary N) is 1. The monoisotopic (exact) mass is 403 g/mol. The quantitative estimate of drug-likeness (QED) is 0.658. The van der Waals surface area contributed by atoms with Crippen LogP contribution in [0.5, 0.6) is 0 Å². The third-order valence-corrected chi connectivity index (χ3v) is 4.02. The van der Waals surface area contributed by atoms with Crippen LogP contribution in [0.15, 0.2) is 35.1 Å². The van der Waals surface area contributed by atoms with Crippen molar-refractivity contribution < 1.29 is 17.7 Å². The zero-order valence-corrected chi connectivity index (χ0v) is 14.6. The van der Waals surface area contributed by atoms with Gasteiger partial charge in [-0.05, 0) is 19.1 Å². The Balaban J connectivity index is 1.77. The number of benzene rings is 1. The van der Waals surface area contributed by atoms with Crippen LogP contribution in [0.2, 0.25) is 10.0 Å². The molecule has 0 saturated carbocycles. The van der Waals surface area contributed by atoms with Crippen LogP contribution in [0.3, 0.4) is 0 Å². The van der Waals surface area contributed by atoms with E-state index >= 15 is 0 Å². The number of alkyl halides is 3. The van der Waals surface area contributed by atoms with Gasteiger partial charge in [-0.15, -0.1) is 0 Å². The van der Waals surface area contributed by atoms with Crippen LogP contribution in [-0.4, -0.2) is 20.1 Å². The maximum Gasteiger partial charge on any atom is 0.471 e. The Morgan fingerprint density at radius 3 is 2.27 bits per heavy atom. The smallest absolute Gasteiger partial charge is 0.348 e. The molecule has 0 aliphatic rings. The van der Waals surface area contributed by atoms with Gasteiger partial charge in [0.25, 0.3) is 0 Å². The van der Waals surface area contributed by atoms with E-state index < -0.39 is 12.1 Å². The summed E-state index contributed by atoms with van der Waals surface area (Å²) >= 11 is 12.3. The molecule has 0 fully saturated rings. The molecule has 1 aromatic carbocycles. The van der Waals surface area contributed by atoms with Crippen molar-refractivity contribution in [2.45, 2.75) is 19.1 Å². The molecular formula is C15H10Cl2F3N5O. The van der Waals surface area contributed by atoms with Crippen molar-refractivity contribution >= 4 is 29.2 Å². The Bertz CT molecular complexity index is 894. The fourth-order valence-electron chi connectivity index (χ4n) is 2.16. The van der Waals surface area contributed by atoms with Crippen molar-refractivity contribution in [2.24, 2.45) is 0 Å². The average molecular weight is 404 g/mol. The second kappa shape index (κ2) is 7.08. The molecule has 0 amide bonds. The molecule has 26 heavy (non-hydrogen) atoms. The van der Waals surface area contributed by atoms with Gasteiger partial charge >= 0.3 is 12.1 Å². The third kappa shape index (κ3) is 3.88. The van der Waals surface area contributed by atoms with Gasteiger partial charge in [0.1, 0.15) is 0 Å². The van der Waals surface area contributed by atoms with Crippen molar-refractivity contribution in [1.82, 2.24) is 20.1 Å². The van der Waals surface area contributed by atoms with Gasteiger partial charge in [0.05, 0.1) is 11.6 Å². The molecule has 0 aliphatic carbocycles. The number of hydrogen-bond acceptors (Lipinski definition) is 6. The largest absolute Gasteiger partial charge is 0.471 e. The van der Waals surface area contributed by atoms with Gasteiger partial charge in [0.15, 0.2) is 0 Å². The molecule has 0 radical (unpaired) electrons. The summed E-state index contributed by atoms with van der Waals surface area (Å²) in [5, 5.41) is 7.26. The molecule has 0 aliphatic heterocycles. The summed E-state index contributed by atoms with van der Waals surface area (Å²) in [6, 6.07) is 4.84. The molecule has 3 aromatic rings. The van der Waals surface area contributed by atoms with Gasteiger partial charge in [-0.2, -0.15) is 18.2 Å². The normalized spacial score (nSPS) is 12.8. The van der Waals surface area contributed by atoms with Crippen molar-refractivity contribution in [2.75, 3.05) is 5.32 Å². The molecule has 1 atom stereocenters.